The quantitative estimate of drug-likeness (QED) is 0.694. The number of rotatable bonds is 3. The third-order valence-corrected chi connectivity index (χ3v) is 4.10. The van der Waals surface area contributed by atoms with E-state index in [9.17, 15) is 14.9 Å². The van der Waals surface area contributed by atoms with Gasteiger partial charge >= 0.3 is 0 Å². The molecule has 23 heavy (non-hydrogen) atoms. The number of ether oxygens (including phenoxy) is 1. The first-order chi connectivity index (χ1) is 11.0. The lowest BCUT2D eigenvalue weighted by Crippen LogP contribution is -2.27. The minimum absolute atomic E-state index is 0.0313. The van der Waals surface area contributed by atoms with Crippen molar-refractivity contribution in [2.75, 3.05) is 11.9 Å². The highest BCUT2D eigenvalue weighted by Gasteiger charge is 2.31. The van der Waals surface area contributed by atoms with Crippen LogP contribution in [-0.4, -0.2) is 28.5 Å². The summed E-state index contributed by atoms with van der Waals surface area (Å²) in [6.45, 7) is 4.26. The van der Waals surface area contributed by atoms with Gasteiger partial charge in [-0.3, -0.25) is 19.9 Å². The van der Waals surface area contributed by atoms with Gasteiger partial charge in [0.2, 0.25) is 5.91 Å². The molecule has 1 aromatic heterocycles. The van der Waals surface area contributed by atoms with Gasteiger partial charge < -0.3 is 10.1 Å². The molecule has 1 saturated heterocycles. The third kappa shape index (κ3) is 3.00. The maximum Gasteiger partial charge on any atom is 0.270 e. The normalized spacial score (nSPS) is 20.6. The summed E-state index contributed by atoms with van der Waals surface area (Å²) in [5.41, 5.74) is 1.86. The van der Waals surface area contributed by atoms with Crippen LogP contribution in [0, 0.1) is 23.0 Å². The number of pyridine rings is 1. The Bertz CT molecular complexity index is 790. The predicted octanol–water partition coefficient (Wildman–Crippen LogP) is 2.81. The van der Waals surface area contributed by atoms with Gasteiger partial charge in [-0.25, -0.2) is 0 Å². The number of nitro benzene ring substituents is 1. The van der Waals surface area contributed by atoms with Gasteiger partial charge in [0.05, 0.1) is 28.1 Å². The van der Waals surface area contributed by atoms with Crippen LogP contribution in [0.1, 0.15) is 19.0 Å². The molecule has 0 unspecified atom stereocenters. The average Bonchev–Trinajstić information content (AvgIpc) is 2.92. The molecule has 2 heterocycles. The fourth-order valence-electron chi connectivity index (χ4n) is 2.86. The summed E-state index contributed by atoms with van der Waals surface area (Å²) in [7, 11) is 0. The molecule has 1 N–H and O–H groups in total. The summed E-state index contributed by atoms with van der Waals surface area (Å²) < 4.78 is 5.42. The van der Waals surface area contributed by atoms with E-state index in [1.807, 2.05) is 13.8 Å². The van der Waals surface area contributed by atoms with Crippen molar-refractivity contribution in [3.63, 3.8) is 0 Å². The number of hydrogen-bond donors (Lipinski definition) is 1. The number of amides is 1. The van der Waals surface area contributed by atoms with E-state index in [1.54, 1.807) is 12.1 Å². The van der Waals surface area contributed by atoms with Gasteiger partial charge in [0.15, 0.2) is 0 Å². The maximum atomic E-state index is 12.5. The Morgan fingerprint density at radius 1 is 1.43 bits per heavy atom. The lowest BCUT2D eigenvalue weighted by Gasteiger charge is -2.15. The smallest absolute Gasteiger partial charge is 0.270 e. The molecule has 0 aliphatic carbocycles. The zero-order valence-electron chi connectivity index (χ0n) is 12.9. The zero-order chi connectivity index (χ0) is 16.6. The first-order valence-corrected chi connectivity index (χ1v) is 7.44. The van der Waals surface area contributed by atoms with Crippen LogP contribution in [0.5, 0.6) is 0 Å². The summed E-state index contributed by atoms with van der Waals surface area (Å²) in [6, 6.07) is 6.17. The van der Waals surface area contributed by atoms with Crippen LogP contribution in [0.4, 0.5) is 11.4 Å². The molecule has 2 atom stereocenters. The van der Waals surface area contributed by atoms with Crippen LogP contribution < -0.4 is 5.32 Å². The number of anilines is 1. The van der Waals surface area contributed by atoms with Gasteiger partial charge in [-0.05, 0) is 32.4 Å². The first kappa shape index (κ1) is 15.4. The second-order valence-corrected chi connectivity index (χ2v) is 5.73. The molecule has 0 bridgehead atoms. The third-order valence-electron chi connectivity index (χ3n) is 4.10. The van der Waals surface area contributed by atoms with Crippen molar-refractivity contribution < 1.29 is 14.5 Å². The summed E-state index contributed by atoms with van der Waals surface area (Å²) in [4.78, 5) is 27.3. The minimum Gasteiger partial charge on any atom is -0.378 e. The SMILES string of the molecule is Cc1cc(NC(=O)[C@H]2CCO[C@@H]2C)c2cc([N+](=O)[O-])ccc2n1. The molecule has 120 valence electrons. The highest BCUT2D eigenvalue weighted by Crippen LogP contribution is 2.29. The lowest BCUT2D eigenvalue weighted by molar-refractivity contribution is -0.384. The topological polar surface area (TPSA) is 94.4 Å². The Labute approximate surface area is 132 Å². The number of hydrogen-bond acceptors (Lipinski definition) is 5. The second-order valence-electron chi connectivity index (χ2n) is 5.73. The number of carbonyl (C=O) groups excluding carboxylic acids is 1. The van der Waals surface area contributed by atoms with Crippen LogP contribution in [0.25, 0.3) is 10.9 Å². The van der Waals surface area contributed by atoms with Crippen molar-refractivity contribution in [3.05, 3.63) is 40.1 Å². The van der Waals surface area contributed by atoms with Crippen molar-refractivity contribution >= 4 is 28.2 Å². The van der Waals surface area contributed by atoms with E-state index >= 15 is 0 Å². The van der Waals surface area contributed by atoms with Crippen molar-refractivity contribution in [1.82, 2.24) is 4.98 Å². The summed E-state index contributed by atoms with van der Waals surface area (Å²) >= 11 is 0. The van der Waals surface area contributed by atoms with E-state index < -0.39 is 4.92 Å². The van der Waals surface area contributed by atoms with Crippen molar-refractivity contribution in [1.29, 1.82) is 0 Å². The number of benzene rings is 1. The second kappa shape index (κ2) is 5.92. The molecule has 7 nitrogen and oxygen atoms in total. The molecular weight excluding hydrogens is 298 g/mol. The maximum absolute atomic E-state index is 12.5. The molecule has 1 aliphatic rings. The minimum atomic E-state index is -0.461. The van der Waals surface area contributed by atoms with Gasteiger partial charge in [-0.2, -0.15) is 0 Å². The number of nitro groups is 1. The molecule has 3 rings (SSSR count). The fraction of sp³-hybridized carbons (Fsp3) is 0.375. The van der Waals surface area contributed by atoms with Crippen LogP contribution in [-0.2, 0) is 9.53 Å². The van der Waals surface area contributed by atoms with E-state index in [0.717, 1.165) is 5.69 Å². The first-order valence-electron chi connectivity index (χ1n) is 7.44. The van der Waals surface area contributed by atoms with E-state index in [2.05, 4.69) is 10.3 Å². The van der Waals surface area contributed by atoms with Crippen molar-refractivity contribution in [3.8, 4) is 0 Å². The van der Waals surface area contributed by atoms with Crippen LogP contribution >= 0.6 is 0 Å². The molecule has 0 saturated carbocycles. The summed E-state index contributed by atoms with van der Waals surface area (Å²) in [5, 5.41) is 14.4. The fourth-order valence-corrected chi connectivity index (χ4v) is 2.86. The Morgan fingerprint density at radius 2 is 2.22 bits per heavy atom. The summed E-state index contributed by atoms with van der Waals surface area (Å²) in [6.07, 6.45) is 0.549. The number of nitrogens with zero attached hydrogens (tertiary/aromatic N) is 2. The Kier molecular flexibility index (Phi) is 3.96. The Morgan fingerprint density at radius 3 is 2.87 bits per heavy atom. The highest BCUT2D eigenvalue weighted by molar-refractivity contribution is 6.02. The standard InChI is InChI=1S/C16H17N3O4/c1-9-7-15(18-16(20)12-5-6-23-10(12)2)13-8-11(19(21)22)3-4-14(13)17-9/h3-4,7-8,10,12H,5-6H2,1-2H3,(H,17,18,20)/t10-,12+/m1/s1. The zero-order valence-corrected chi connectivity index (χ0v) is 12.9. The number of aryl methyl sites for hydroxylation is 1. The Balaban J connectivity index is 1.99. The van der Waals surface area contributed by atoms with E-state index in [4.69, 9.17) is 4.74 Å². The van der Waals surface area contributed by atoms with Crippen molar-refractivity contribution in [2.45, 2.75) is 26.4 Å². The largest absolute Gasteiger partial charge is 0.378 e. The molecule has 7 heteroatoms. The van der Waals surface area contributed by atoms with Gasteiger partial charge in [-0.15, -0.1) is 0 Å². The van der Waals surface area contributed by atoms with Gasteiger partial charge in [0, 0.05) is 29.8 Å². The van der Waals surface area contributed by atoms with E-state index in [0.29, 0.717) is 29.6 Å². The number of fused-ring (bicyclic) bond motifs is 1. The van der Waals surface area contributed by atoms with E-state index in [-0.39, 0.29) is 23.6 Å². The molecule has 0 radical (unpaired) electrons. The van der Waals surface area contributed by atoms with E-state index in [1.165, 1.54) is 12.1 Å². The number of nitrogens with one attached hydrogen (secondary N) is 1. The van der Waals surface area contributed by atoms with Gasteiger partial charge in [-0.1, -0.05) is 0 Å². The van der Waals surface area contributed by atoms with Crippen LogP contribution in [0.3, 0.4) is 0 Å². The Hall–Kier alpha value is -2.54. The molecule has 1 fully saturated rings. The average molecular weight is 315 g/mol. The molecule has 2 aromatic rings. The van der Waals surface area contributed by atoms with Gasteiger partial charge in [0.25, 0.3) is 5.69 Å². The lowest BCUT2D eigenvalue weighted by atomic mass is 10.0. The molecule has 1 aliphatic heterocycles. The predicted molar refractivity (Wildman–Crippen MR) is 85.3 cm³/mol. The molecule has 1 aromatic carbocycles. The monoisotopic (exact) mass is 315 g/mol. The van der Waals surface area contributed by atoms with Crippen molar-refractivity contribution in [2.24, 2.45) is 5.92 Å². The number of carbonyl (C=O) groups is 1. The number of aromatic nitrogens is 1. The van der Waals surface area contributed by atoms with Crippen LogP contribution in [0.2, 0.25) is 0 Å². The molecule has 0 spiro atoms. The molecule has 1 amide bonds. The molecular formula is C16H17N3O4. The number of non-ortho nitro benzene ring substituents is 1. The van der Waals surface area contributed by atoms with Crippen LogP contribution in [0.15, 0.2) is 24.3 Å². The van der Waals surface area contributed by atoms with Gasteiger partial charge in [0.1, 0.15) is 0 Å². The highest BCUT2D eigenvalue weighted by atomic mass is 16.6. The summed E-state index contributed by atoms with van der Waals surface area (Å²) in [5.74, 6) is -0.342.